The summed E-state index contributed by atoms with van der Waals surface area (Å²) in [6.07, 6.45) is 7.01. The fraction of sp³-hybridized carbons (Fsp3) is 0.238. The maximum atomic E-state index is 12.1. The van der Waals surface area contributed by atoms with Gasteiger partial charge in [-0.1, -0.05) is 19.1 Å². The van der Waals surface area contributed by atoms with E-state index in [2.05, 4.69) is 42.5 Å². The molecule has 3 aromatic rings. The molecule has 1 atom stereocenters. The number of aliphatic imine (C=N–C) groups is 1. The smallest absolute Gasteiger partial charge is 0.222 e. The van der Waals surface area contributed by atoms with Crippen LogP contribution >= 0.6 is 13.5 Å². The Morgan fingerprint density at radius 2 is 1.93 bits per heavy atom. The average Bonchev–Trinajstić information content (AvgIpc) is 2.78. The van der Waals surface area contributed by atoms with E-state index in [1.807, 2.05) is 24.3 Å². The number of carbonyl (C=O) groups is 1. The molecule has 9 heteroatoms. The van der Waals surface area contributed by atoms with E-state index in [1.165, 1.54) is 6.33 Å². The number of rotatable bonds is 6. The number of nitrogens with zero attached hydrogens (tertiary/aromatic N) is 5. The molecule has 2 N–H and O–H groups in total. The number of anilines is 2. The van der Waals surface area contributed by atoms with Gasteiger partial charge < -0.3 is 10.6 Å². The van der Waals surface area contributed by atoms with Gasteiger partial charge in [0, 0.05) is 61.7 Å². The number of ketones is 1. The number of para-hydroxylation sites is 1. The van der Waals surface area contributed by atoms with Gasteiger partial charge in [0.1, 0.15) is 12.1 Å². The Hall–Kier alpha value is -3.33. The lowest BCUT2D eigenvalue weighted by molar-refractivity contribution is 0.100. The second-order valence-electron chi connectivity index (χ2n) is 6.80. The van der Waals surface area contributed by atoms with Gasteiger partial charge in [0.2, 0.25) is 5.95 Å². The summed E-state index contributed by atoms with van der Waals surface area (Å²) in [4.78, 5) is 33.6. The molecular formula is C21H23N7OS. The lowest BCUT2D eigenvalue weighted by atomic mass is 9.93. The Balaban J connectivity index is 0.00000256. The highest BCUT2D eigenvalue weighted by Gasteiger charge is 2.20. The standard InChI is InChI=1S/C21H21N7O.H2S/c1-13(15-4-3-5-16-18(29)6-7-23-20(15)16)9-24-19-8-17(27-12-28-19)14-10-25-21(22-2)26-11-14;/h3-5,7-8,10-13H,6,9H2,1-2H3,(H,22,25,26)(H,24,27,28);1H2/t13-;/m1./s1. The molecule has 2 aromatic heterocycles. The van der Waals surface area contributed by atoms with Crippen LogP contribution in [0.25, 0.3) is 11.3 Å². The number of carbonyl (C=O) groups excluding carboxylic acids is 1. The van der Waals surface area contributed by atoms with Crippen molar-refractivity contribution in [1.82, 2.24) is 19.9 Å². The molecule has 0 spiro atoms. The van der Waals surface area contributed by atoms with Crippen LogP contribution in [0.1, 0.15) is 35.2 Å². The zero-order valence-electron chi connectivity index (χ0n) is 16.8. The molecule has 8 nitrogen and oxygen atoms in total. The lowest BCUT2D eigenvalue weighted by Crippen LogP contribution is -2.13. The maximum absolute atomic E-state index is 12.1. The molecule has 0 bridgehead atoms. The van der Waals surface area contributed by atoms with Crippen molar-refractivity contribution >= 4 is 42.9 Å². The Labute approximate surface area is 181 Å². The van der Waals surface area contributed by atoms with Crippen molar-refractivity contribution in [2.45, 2.75) is 19.3 Å². The SMILES string of the molecule is CNc1ncc(-c2cc(NC[C@@H](C)c3cccc4c3N=CCC4=O)ncn2)cn1.S. The van der Waals surface area contributed by atoms with Crippen LogP contribution in [0.15, 0.2) is 48.0 Å². The number of aromatic nitrogens is 4. The number of fused-ring (bicyclic) bond motifs is 1. The summed E-state index contributed by atoms with van der Waals surface area (Å²) in [6, 6.07) is 7.65. The van der Waals surface area contributed by atoms with E-state index in [9.17, 15) is 4.79 Å². The number of hydrogen-bond acceptors (Lipinski definition) is 8. The van der Waals surface area contributed by atoms with Crippen molar-refractivity contribution in [2.24, 2.45) is 4.99 Å². The minimum atomic E-state index is 0. The number of benzene rings is 1. The van der Waals surface area contributed by atoms with Gasteiger partial charge in [-0.25, -0.2) is 19.9 Å². The molecule has 1 aromatic carbocycles. The van der Waals surface area contributed by atoms with Gasteiger partial charge in [0.15, 0.2) is 5.78 Å². The van der Waals surface area contributed by atoms with Crippen LogP contribution in [-0.4, -0.2) is 45.5 Å². The molecule has 0 amide bonds. The van der Waals surface area contributed by atoms with Crippen LogP contribution in [-0.2, 0) is 0 Å². The van der Waals surface area contributed by atoms with Crippen molar-refractivity contribution in [2.75, 3.05) is 24.2 Å². The van der Waals surface area contributed by atoms with Crippen molar-refractivity contribution in [3.05, 3.63) is 54.1 Å². The Kier molecular flexibility index (Phi) is 6.73. The summed E-state index contributed by atoms with van der Waals surface area (Å²) in [6.45, 7) is 2.75. The molecule has 0 radical (unpaired) electrons. The van der Waals surface area contributed by atoms with Gasteiger partial charge in [-0.15, -0.1) is 0 Å². The first-order chi connectivity index (χ1) is 14.2. The first-order valence-electron chi connectivity index (χ1n) is 9.40. The van der Waals surface area contributed by atoms with Gasteiger partial charge in [-0.05, 0) is 11.6 Å². The molecule has 0 aliphatic carbocycles. The van der Waals surface area contributed by atoms with Gasteiger partial charge >= 0.3 is 0 Å². The minimum Gasteiger partial charge on any atom is -0.369 e. The van der Waals surface area contributed by atoms with Gasteiger partial charge in [0.05, 0.1) is 11.4 Å². The molecule has 4 rings (SSSR count). The molecule has 0 fully saturated rings. The highest BCUT2D eigenvalue weighted by molar-refractivity contribution is 7.59. The Bertz CT molecular complexity index is 1070. The predicted octanol–water partition coefficient (Wildman–Crippen LogP) is 3.59. The van der Waals surface area contributed by atoms with Crippen molar-refractivity contribution in [3.63, 3.8) is 0 Å². The van der Waals surface area contributed by atoms with Gasteiger partial charge in [-0.2, -0.15) is 13.5 Å². The third-order valence-corrected chi connectivity index (χ3v) is 4.82. The first kappa shape index (κ1) is 21.4. The zero-order valence-corrected chi connectivity index (χ0v) is 17.8. The van der Waals surface area contributed by atoms with E-state index in [-0.39, 0.29) is 25.2 Å². The second kappa shape index (κ2) is 9.45. The van der Waals surface area contributed by atoms with Crippen LogP contribution in [0.2, 0.25) is 0 Å². The molecule has 0 saturated heterocycles. The quantitative estimate of drug-likeness (QED) is 0.626. The zero-order chi connectivity index (χ0) is 20.2. The molecule has 30 heavy (non-hydrogen) atoms. The Morgan fingerprint density at radius 3 is 2.70 bits per heavy atom. The van der Waals surface area contributed by atoms with Crippen LogP contribution in [0.4, 0.5) is 17.5 Å². The van der Waals surface area contributed by atoms with Crippen LogP contribution in [0.3, 0.4) is 0 Å². The molecular weight excluding hydrogens is 398 g/mol. The van der Waals surface area contributed by atoms with Crippen LogP contribution in [0, 0.1) is 0 Å². The fourth-order valence-electron chi connectivity index (χ4n) is 3.23. The van der Waals surface area contributed by atoms with E-state index in [0.717, 1.165) is 22.5 Å². The summed E-state index contributed by atoms with van der Waals surface area (Å²) in [7, 11) is 1.77. The number of Topliss-reactive ketones (excluding diaryl/α,β-unsaturated/α-hetero) is 1. The summed E-state index contributed by atoms with van der Waals surface area (Å²) in [5.41, 5.74) is 4.08. The second-order valence-corrected chi connectivity index (χ2v) is 6.80. The highest BCUT2D eigenvalue weighted by atomic mass is 32.1. The van der Waals surface area contributed by atoms with E-state index in [0.29, 0.717) is 30.3 Å². The van der Waals surface area contributed by atoms with Crippen molar-refractivity contribution in [3.8, 4) is 11.3 Å². The summed E-state index contributed by atoms with van der Waals surface area (Å²) in [5, 5.41) is 6.24. The maximum Gasteiger partial charge on any atom is 0.222 e. The normalized spacial score (nSPS) is 13.2. The molecule has 3 heterocycles. The summed E-state index contributed by atoms with van der Waals surface area (Å²) in [5.74, 6) is 1.53. The van der Waals surface area contributed by atoms with Gasteiger partial charge in [-0.3, -0.25) is 9.79 Å². The topological polar surface area (TPSA) is 105 Å². The van der Waals surface area contributed by atoms with Crippen LogP contribution in [0.5, 0.6) is 0 Å². The van der Waals surface area contributed by atoms with E-state index in [4.69, 9.17) is 0 Å². The van der Waals surface area contributed by atoms with Gasteiger partial charge in [0.25, 0.3) is 0 Å². The summed E-state index contributed by atoms with van der Waals surface area (Å²) >= 11 is 0. The van der Waals surface area contributed by atoms with Crippen LogP contribution < -0.4 is 10.6 Å². The number of hydrogen-bond donors (Lipinski definition) is 2. The third-order valence-electron chi connectivity index (χ3n) is 4.82. The van der Waals surface area contributed by atoms with E-state index < -0.39 is 0 Å². The fourth-order valence-corrected chi connectivity index (χ4v) is 3.23. The molecule has 0 saturated carbocycles. The third kappa shape index (κ3) is 4.46. The predicted molar refractivity (Wildman–Crippen MR) is 123 cm³/mol. The molecule has 154 valence electrons. The largest absolute Gasteiger partial charge is 0.369 e. The van der Waals surface area contributed by atoms with Crippen molar-refractivity contribution in [1.29, 1.82) is 0 Å². The molecule has 0 unspecified atom stereocenters. The highest BCUT2D eigenvalue weighted by Crippen LogP contribution is 2.33. The van der Waals surface area contributed by atoms with E-state index >= 15 is 0 Å². The Morgan fingerprint density at radius 1 is 1.13 bits per heavy atom. The lowest BCUT2D eigenvalue weighted by Gasteiger charge is -2.19. The average molecular weight is 422 g/mol. The number of nitrogens with one attached hydrogen (secondary N) is 2. The first-order valence-corrected chi connectivity index (χ1v) is 9.40. The minimum absolute atomic E-state index is 0. The van der Waals surface area contributed by atoms with Crippen molar-refractivity contribution < 1.29 is 4.79 Å². The summed E-state index contributed by atoms with van der Waals surface area (Å²) < 4.78 is 0. The van der Waals surface area contributed by atoms with E-state index in [1.54, 1.807) is 25.7 Å². The monoisotopic (exact) mass is 421 g/mol. The molecule has 1 aliphatic rings. The molecule has 1 aliphatic heterocycles.